The van der Waals surface area contributed by atoms with Crippen molar-refractivity contribution in [1.82, 2.24) is 0 Å². The molecule has 6 nitrogen and oxygen atoms in total. The third-order valence-electron chi connectivity index (χ3n) is 5.50. The maximum absolute atomic E-state index is 12.7. The molecular weight excluding hydrogens is 374 g/mol. The number of aryl methyl sites for hydroxylation is 1. The van der Waals surface area contributed by atoms with Gasteiger partial charge in [-0.1, -0.05) is 26.8 Å². The lowest BCUT2D eigenvalue weighted by molar-refractivity contribution is -0.385. The van der Waals surface area contributed by atoms with E-state index in [1.165, 1.54) is 17.4 Å². The van der Waals surface area contributed by atoms with Gasteiger partial charge < -0.3 is 5.32 Å². The third-order valence-corrected chi connectivity index (χ3v) is 6.67. The van der Waals surface area contributed by atoms with E-state index in [4.69, 9.17) is 0 Å². The molecule has 0 aliphatic heterocycles. The zero-order valence-electron chi connectivity index (χ0n) is 16.5. The summed E-state index contributed by atoms with van der Waals surface area (Å²) < 4.78 is 0. The molecule has 1 heterocycles. The van der Waals surface area contributed by atoms with Crippen molar-refractivity contribution in [2.75, 3.05) is 5.32 Å². The second kappa shape index (κ2) is 7.36. The van der Waals surface area contributed by atoms with Gasteiger partial charge in [-0.2, -0.15) is 5.26 Å². The van der Waals surface area contributed by atoms with E-state index in [0.717, 1.165) is 29.7 Å². The number of fused-ring (bicyclic) bond motifs is 1. The Morgan fingerprint density at radius 2 is 2.11 bits per heavy atom. The molecule has 0 bridgehead atoms. The van der Waals surface area contributed by atoms with Crippen LogP contribution in [0.5, 0.6) is 0 Å². The minimum Gasteiger partial charge on any atom is -0.312 e. The normalized spacial score (nSPS) is 16.2. The van der Waals surface area contributed by atoms with Crippen molar-refractivity contribution in [3.05, 3.63) is 55.4 Å². The van der Waals surface area contributed by atoms with Crippen LogP contribution in [0.3, 0.4) is 0 Å². The van der Waals surface area contributed by atoms with Gasteiger partial charge in [0.1, 0.15) is 11.1 Å². The maximum atomic E-state index is 12.7. The second-order valence-electron chi connectivity index (χ2n) is 8.34. The second-order valence-corrected chi connectivity index (χ2v) is 9.44. The summed E-state index contributed by atoms with van der Waals surface area (Å²) in [4.78, 5) is 24.5. The first kappa shape index (κ1) is 20.0. The fourth-order valence-electron chi connectivity index (χ4n) is 3.65. The molecule has 0 spiro atoms. The predicted molar refractivity (Wildman–Crippen MR) is 110 cm³/mol. The highest BCUT2D eigenvalue weighted by molar-refractivity contribution is 7.16. The average molecular weight is 398 g/mol. The molecule has 1 aliphatic rings. The number of carbonyl (C=O) groups is 1. The zero-order chi connectivity index (χ0) is 20.6. The van der Waals surface area contributed by atoms with Crippen LogP contribution in [0.25, 0.3) is 0 Å². The molecule has 1 N–H and O–H groups in total. The molecule has 1 aromatic heterocycles. The van der Waals surface area contributed by atoms with Crippen LogP contribution in [0.15, 0.2) is 18.2 Å². The molecule has 146 valence electrons. The first-order valence-corrected chi connectivity index (χ1v) is 10.0. The van der Waals surface area contributed by atoms with E-state index in [1.807, 2.05) is 0 Å². The lowest BCUT2D eigenvalue weighted by Crippen LogP contribution is -2.26. The summed E-state index contributed by atoms with van der Waals surface area (Å²) in [6.45, 7) is 8.32. The van der Waals surface area contributed by atoms with Gasteiger partial charge in [0.15, 0.2) is 0 Å². The third kappa shape index (κ3) is 3.78. The summed E-state index contributed by atoms with van der Waals surface area (Å²) in [6.07, 6.45) is 2.77. The highest BCUT2D eigenvalue weighted by Crippen LogP contribution is 2.44. The number of nitrogens with zero attached hydrogens (tertiary/aromatic N) is 2. The van der Waals surface area contributed by atoms with Crippen molar-refractivity contribution in [2.45, 2.75) is 47.0 Å². The number of nitro benzene ring substituents is 1. The maximum Gasteiger partial charge on any atom is 0.273 e. The Morgan fingerprint density at radius 3 is 2.71 bits per heavy atom. The highest BCUT2D eigenvalue weighted by Gasteiger charge is 2.32. The molecule has 7 heteroatoms. The van der Waals surface area contributed by atoms with E-state index < -0.39 is 10.8 Å². The molecule has 3 rings (SSSR count). The van der Waals surface area contributed by atoms with Gasteiger partial charge in [0.05, 0.1) is 10.5 Å². The first-order chi connectivity index (χ1) is 13.1. The van der Waals surface area contributed by atoms with Crippen molar-refractivity contribution >= 4 is 27.9 Å². The molecular formula is C21H23N3O3S. The summed E-state index contributed by atoms with van der Waals surface area (Å²) in [5.41, 5.74) is 2.38. The van der Waals surface area contributed by atoms with Crippen molar-refractivity contribution < 1.29 is 9.72 Å². The number of hydrogen-bond donors (Lipinski definition) is 1. The number of carbonyl (C=O) groups excluding carboxylic acids is 1. The Morgan fingerprint density at radius 1 is 1.39 bits per heavy atom. The van der Waals surface area contributed by atoms with Crippen molar-refractivity contribution in [3.8, 4) is 6.07 Å². The van der Waals surface area contributed by atoms with Gasteiger partial charge in [-0.15, -0.1) is 11.3 Å². The lowest BCUT2D eigenvalue weighted by atomic mass is 9.72. The van der Waals surface area contributed by atoms with Gasteiger partial charge in [0, 0.05) is 22.1 Å². The largest absolute Gasteiger partial charge is 0.312 e. The standard InChI is InChI=1S/C21H23N3O3S/c1-12-5-6-13(9-17(12)24(26)27)19(25)23-20-16(11-22)15-8-7-14(21(2,3)4)10-18(15)28-20/h5-6,9,14H,7-8,10H2,1-4H3,(H,23,25)/t14-/m1/s1. The summed E-state index contributed by atoms with van der Waals surface area (Å²) in [6, 6.07) is 6.64. The molecule has 28 heavy (non-hydrogen) atoms. The van der Waals surface area contributed by atoms with Gasteiger partial charge in [0.2, 0.25) is 0 Å². The van der Waals surface area contributed by atoms with Gasteiger partial charge in [-0.05, 0) is 49.1 Å². The van der Waals surface area contributed by atoms with Crippen LogP contribution in [-0.4, -0.2) is 10.8 Å². The average Bonchev–Trinajstić information content (AvgIpc) is 2.97. The number of benzene rings is 1. The summed E-state index contributed by atoms with van der Waals surface area (Å²) in [5.74, 6) is 0.0964. The SMILES string of the molecule is Cc1ccc(C(=O)Nc2sc3c(c2C#N)CC[C@@H](C(C)(C)C)C3)cc1[N+](=O)[O-]. The molecule has 0 fully saturated rings. The van der Waals surface area contributed by atoms with E-state index in [-0.39, 0.29) is 16.7 Å². The lowest BCUT2D eigenvalue weighted by Gasteiger charge is -2.33. The summed E-state index contributed by atoms with van der Waals surface area (Å²) >= 11 is 1.45. The summed E-state index contributed by atoms with van der Waals surface area (Å²) in [5, 5.41) is 24.1. The van der Waals surface area contributed by atoms with E-state index in [2.05, 4.69) is 32.2 Å². The molecule has 2 aromatic rings. The van der Waals surface area contributed by atoms with Crippen LogP contribution in [-0.2, 0) is 12.8 Å². The van der Waals surface area contributed by atoms with Crippen molar-refractivity contribution in [3.63, 3.8) is 0 Å². The van der Waals surface area contributed by atoms with Crippen LogP contribution in [0, 0.1) is 39.7 Å². The van der Waals surface area contributed by atoms with E-state index in [9.17, 15) is 20.2 Å². The minimum atomic E-state index is -0.497. The molecule has 0 unspecified atom stereocenters. The summed E-state index contributed by atoms with van der Waals surface area (Å²) in [7, 11) is 0. The molecule has 1 atom stereocenters. The van der Waals surface area contributed by atoms with Crippen molar-refractivity contribution in [2.24, 2.45) is 11.3 Å². The number of amides is 1. The van der Waals surface area contributed by atoms with E-state index in [1.54, 1.807) is 19.1 Å². The fourth-order valence-corrected chi connectivity index (χ4v) is 4.93. The number of thiophene rings is 1. The van der Waals surface area contributed by atoms with Crippen LogP contribution in [0.1, 0.15) is 59.1 Å². The number of nitrogens with one attached hydrogen (secondary N) is 1. The molecule has 0 saturated carbocycles. The fraction of sp³-hybridized carbons (Fsp3) is 0.429. The topological polar surface area (TPSA) is 96.0 Å². The molecule has 1 amide bonds. The van der Waals surface area contributed by atoms with Gasteiger partial charge >= 0.3 is 0 Å². The van der Waals surface area contributed by atoms with Gasteiger partial charge in [-0.3, -0.25) is 14.9 Å². The Bertz CT molecular complexity index is 996. The van der Waals surface area contributed by atoms with Crippen LogP contribution in [0.4, 0.5) is 10.7 Å². The quantitative estimate of drug-likeness (QED) is 0.566. The number of nitro groups is 1. The molecule has 1 aliphatic carbocycles. The van der Waals surface area contributed by atoms with Crippen LogP contribution >= 0.6 is 11.3 Å². The van der Waals surface area contributed by atoms with Crippen molar-refractivity contribution in [1.29, 1.82) is 5.26 Å². The molecule has 1 aromatic carbocycles. The Kier molecular flexibility index (Phi) is 5.26. The number of rotatable bonds is 3. The van der Waals surface area contributed by atoms with E-state index >= 15 is 0 Å². The smallest absolute Gasteiger partial charge is 0.273 e. The number of hydrogen-bond acceptors (Lipinski definition) is 5. The zero-order valence-corrected chi connectivity index (χ0v) is 17.3. The van der Waals surface area contributed by atoms with Gasteiger partial charge in [0.25, 0.3) is 11.6 Å². The minimum absolute atomic E-state index is 0.0911. The Hall–Kier alpha value is -2.72. The number of anilines is 1. The van der Waals surface area contributed by atoms with Crippen LogP contribution < -0.4 is 5.32 Å². The monoisotopic (exact) mass is 397 g/mol. The Balaban J connectivity index is 1.89. The predicted octanol–water partition coefficient (Wildman–Crippen LogP) is 5.24. The van der Waals surface area contributed by atoms with Crippen LogP contribution in [0.2, 0.25) is 0 Å². The molecule has 0 radical (unpaired) electrons. The molecule has 0 saturated heterocycles. The van der Waals surface area contributed by atoms with E-state index in [0.29, 0.717) is 22.0 Å². The van der Waals surface area contributed by atoms with Gasteiger partial charge in [-0.25, -0.2) is 0 Å². The highest BCUT2D eigenvalue weighted by atomic mass is 32.1. The number of nitriles is 1. The first-order valence-electron chi connectivity index (χ1n) is 9.23. The Labute approximate surface area is 168 Å².